The van der Waals surface area contributed by atoms with Crippen LogP contribution in [0.4, 0.5) is 17.8 Å². The van der Waals surface area contributed by atoms with Gasteiger partial charge in [0.05, 0.1) is 0 Å². The molecule has 1 saturated heterocycles. The summed E-state index contributed by atoms with van der Waals surface area (Å²) in [6.45, 7) is 6.28. The standard InChI is InChI=1S/C15H26N6/c1-2-8-21(11-12-6-7-12)15-18-13(16)17-14(19-15)20-9-4-3-5-10-20/h12H,2-11H2,1H3,(H2,16,17,18,19). The third kappa shape index (κ3) is 3.74. The molecule has 0 radical (unpaired) electrons. The molecule has 0 atom stereocenters. The van der Waals surface area contributed by atoms with E-state index in [4.69, 9.17) is 10.7 Å². The summed E-state index contributed by atoms with van der Waals surface area (Å²) in [5.74, 6) is 2.68. The second-order valence-corrected chi connectivity index (χ2v) is 6.23. The monoisotopic (exact) mass is 290 g/mol. The SMILES string of the molecule is CCCN(CC1CC1)c1nc(N)nc(N2CCCCC2)n1. The van der Waals surface area contributed by atoms with Crippen LogP contribution >= 0.6 is 0 Å². The molecule has 1 aliphatic carbocycles. The first-order valence-corrected chi connectivity index (χ1v) is 8.27. The molecule has 1 saturated carbocycles. The van der Waals surface area contributed by atoms with Gasteiger partial charge in [-0.3, -0.25) is 0 Å². The van der Waals surface area contributed by atoms with E-state index in [1.807, 2.05) is 0 Å². The molecule has 0 unspecified atom stereocenters. The number of nitrogens with two attached hydrogens (primary N) is 1. The Morgan fingerprint density at radius 3 is 2.57 bits per heavy atom. The van der Waals surface area contributed by atoms with Crippen LogP contribution in [0.25, 0.3) is 0 Å². The van der Waals surface area contributed by atoms with Crippen LogP contribution in [0.15, 0.2) is 0 Å². The van der Waals surface area contributed by atoms with Gasteiger partial charge in [-0.05, 0) is 44.4 Å². The van der Waals surface area contributed by atoms with Crippen molar-refractivity contribution in [2.45, 2.75) is 45.4 Å². The predicted molar refractivity (Wildman–Crippen MR) is 85.5 cm³/mol. The van der Waals surface area contributed by atoms with Crippen molar-refractivity contribution in [1.29, 1.82) is 0 Å². The van der Waals surface area contributed by atoms with Gasteiger partial charge in [-0.1, -0.05) is 6.92 Å². The average Bonchev–Trinajstić information content (AvgIpc) is 3.31. The van der Waals surface area contributed by atoms with Crippen LogP contribution in [0.3, 0.4) is 0 Å². The lowest BCUT2D eigenvalue weighted by Gasteiger charge is -2.28. The van der Waals surface area contributed by atoms with Gasteiger partial charge >= 0.3 is 0 Å². The summed E-state index contributed by atoms with van der Waals surface area (Å²) < 4.78 is 0. The van der Waals surface area contributed by atoms with E-state index in [-0.39, 0.29) is 0 Å². The van der Waals surface area contributed by atoms with Crippen LogP contribution in [-0.2, 0) is 0 Å². The Bertz CT molecular complexity index is 467. The van der Waals surface area contributed by atoms with Crippen molar-refractivity contribution in [2.75, 3.05) is 41.7 Å². The molecule has 0 bridgehead atoms. The maximum absolute atomic E-state index is 5.93. The van der Waals surface area contributed by atoms with Gasteiger partial charge in [0, 0.05) is 26.2 Å². The molecule has 6 heteroatoms. The smallest absolute Gasteiger partial charge is 0.231 e. The summed E-state index contributed by atoms with van der Waals surface area (Å²) in [4.78, 5) is 18.0. The number of nitrogen functional groups attached to an aromatic ring is 1. The predicted octanol–water partition coefficient (Wildman–Crippen LogP) is 2.07. The minimum atomic E-state index is 0.345. The number of rotatable bonds is 6. The third-order valence-corrected chi connectivity index (χ3v) is 4.22. The number of nitrogens with zero attached hydrogens (tertiary/aromatic N) is 5. The molecule has 0 amide bonds. The highest BCUT2D eigenvalue weighted by Gasteiger charge is 2.26. The molecule has 0 spiro atoms. The fourth-order valence-electron chi connectivity index (χ4n) is 2.90. The fraction of sp³-hybridized carbons (Fsp3) is 0.800. The van der Waals surface area contributed by atoms with E-state index in [9.17, 15) is 0 Å². The Morgan fingerprint density at radius 1 is 1.14 bits per heavy atom. The Balaban J connectivity index is 1.80. The van der Waals surface area contributed by atoms with Gasteiger partial charge in [-0.2, -0.15) is 15.0 Å². The molecule has 1 aliphatic heterocycles. The van der Waals surface area contributed by atoms with Crippen LogP contribution in [0.2, 0.25) is 0 Å². The highest BCUT2D eigenvalue weighted by Crippen LogP contribution is 2.31. The van der Waals surface area contributed by atoms with Crippen molar-refractivity contribution in [1.82, 2.24) is 15.0 Å². The molecule has 2 aliphatic rings. The minimum Gasteiger partial charge on any atom is -0.368 e. The number of hydrogen-bond donors (Lipinski definition) is 1. The van der Waals surface area contributed by atoms with E-state index in [1.54, 1.807) is 0 Å². The summed E-state index contributed by atoms with van der Waals surface area (Å²) in [6.07, 6.45) is 7.48. The second-order valence-electron chi connectivity index (χ2n) is 6.23. The molecule has 0 aromatic carbocycles. The molecule has 1 aromatic rings. The molecule has 6 nitrogen and oxygen atoms in total. The van der Waals surface area contributed by atoms with Gasteiger partial charge < -0.3 is 15.5 Å². The first-order valence-electron chi connectivity index (χ1n) is 8.27. The van der Waals surface area contributed by atoms with E-state index in [2.05, 4.69) is 26.7 Å². The van der Waals surface area contributed by atoms with E-state index in [0.29, 0.717) is 5.95 Å². The molecule has 2 heterocycles. The second kappa shape index (κ2) is 6.45. The number of anilines is 3. The quantitative estimate of drug-likeness (QED) is 0.865. The molecule has 116 valence electrons. The van der Waals surface area contributed by atoms with E-state index in [1.165, 1.54) is 32.1 Å². The summed E-state index contributed by atoms with van der Waals surface area (Å²) in [7, 11) is 0. The molecular weight excluding hydrogens is 264 g/mol. The largest absolute Gasteiger partial charge is 0.368 e. The van der Waals surface area contributed by atoms with Gasteiger partial charge in [0.1, 0.15) is 0 Å². The number of piperidine rings is 1. The molecule has 3 rings (SSSR count). The van der Waals surface area contributed by atoms with Crippen molar-refractivity contribution in [3.63, 3.8) is 0 Å². The highest BCUT2D eigenvalue weighted by atomic mass is 15.4. The summed E-state index contributed by atoms with van der Waals surface area (Å²) >= 11 is 0. The van der Waals surface area contributed by atoms with Gasteiger partial charge in [-0.25, -0.2) is 0 Å². The first kappa shape index (κ1) is 14.4. The van der Waals surface area contributed by atoms with Gasteiger partial charge in [0.15, 0.2) is 0 Å². The first-order chi connectivity index (χ1) is 10.3. The van der Waals surface area contributed by atoms with Crippen molar-refractivity contribution >= 4 is 17.8 Å². The van der Waals surface area contributed by atoms with Crippen LogP contribution in [0.1, 0.15) is 45.4 Å². The molecule has 21 heavy (non-hydrogen) atoms. The summed E-state index contributed by atoms with van der Waals surface area (Å²) in [6, 6.07) is 0. The van der Waals surface area contributed by atoms with Crippen LogP contribution in [-0.4, -0.2) is 41.1 Å². The maximum atomic E-state index is 5.93. The van der Waals surface area contributed by atoms with Crippen molar-refractivity contribution < 1.29 is 0 Å². The number of hydrogen-bond acceptors (Lipinski definition) is 6. The lowest BCUT2D eigenvalue weighted by Crippen LogP contribution is -2.33. The van der Waals surface area contributed by atoms with Crippen molar-refractivity contribution in [2.24, 2.45) is 5.92 Å². The molecular formula is C15H26N6. The summed E-state index contributed by atoms with van der Waals surface area (Å²) in [5, 5.41) is 0. The topological polar surface area (TPSA) is 71.2 Å². The van der Waals surface area contributed by atoms with Crippen LogP contribution in [0.5, 0.6) is 0 Å². The minimum absolute atomic E-state index is 0.345. The van der Waals surface area contributed by atoms with E-state index >= 15 is 0 Å². The average molecular weight is 290 g/mol. The van der Waals surface area contributed by atoms with Gasteiger partial charge in [0.2, 0.25) is 17.8 Å². The lowest BCUT2D eigenvalue weighted by molar-refractivity contribution is 0.566. The normalized spacial score (nSPS) is 18.8. The maximum Gasteiger partial charge on any atom is 0.231 e. The zero-order chi connectivity index (χ0) is 14.7. The zero-order valence-electron chi connectivity index (χ0n) is 13.0. The van der Waals surface area contributed by atoms with Crippen molar-refractivity contribution in [3.05, 3.63) is 0 Å². The Hall–Kier alpha value is -1.59. The molecule has 2 fully saturated rings. The van der Waals surface area contributed by atoms with Crippen LogP contribution in [0, 0.1) is 5.92 Å². The van der Waals surface area contributed by atoms with Crippen molar-refractivity contribution in [3.8, 4) is 0 Å². The molecule has 2 N–H and O–H groups in total. The Kier molecular flexibility index (Phi) is 4.41. The third-order valence-electron chi connectivity index (χ3n) is 4.22. The molecule has 1 aromatic heterocycles. The Morgan fingerprint density at radius 2 is 1.90 bits per heavy atom. The fourth-order valence-corrected chi connectivity index (χ4v) is 2.90. The lowest BCUT2D eigenvalue weighted by atomic mass is 10.1. The zero-order valence-corrected chi connectivity index (χ0v) is 13.0. The number of aromatic nitrogens is 3. The van der Waals surface area contributed by atoms with Crippen LogP contribution < -0.4 is 15.5 Å². The van der Waals surface area contributed by atoms with Gasteiger partial charge in [-0.15, -0.1) is 0 Å². The Labute approximate surface area is 126 Å². The summed E-state index contributed by atoms with van der Waals surface area (Å²) in [5.41, 5.74) is 5.93. The van der Waals surface area contributed by atoms with Gasteiger partial charge in [0.25, 0.3) is 0 Å². The highest BCUT2D eigenvalue weighted by molar-refractivity contribution is 5.44. The van der Waals surface area contributed by atoms with E-state index < -0.39 is 0 Å². The van der Waals surface area contributed by atoms with E-state index in [0.717, 1.165) is 50.4 Å².